The molecule has 1 heterocycles. The third kappa shape index (κ3) is 3.78. The van der Waals surface area contributed by atoms with Crippen LogP contribution in [0.2, 0.25) is 5.02 Å². The summed E-state index contributed by atoms with van der Waals surface area (Å²) in [6.07, 6.45) is 0.578. The van der Waals surface area contributed by atoms with Crippen molar-refractivity contribution in [3.8, 4) is 0 Å². The molecule has 6 heteroatoms. The number of nitrogens with zero attached hydrogens (tertiary/aromatic N) is 1. The smallest absolute Gasteiger partial charge is 0.411 e. The number of rotatable bonds is 3. The van der Waals surface area contributed by atoms with E-state index in [1.807, 2.05) is 6.07 Å². The van der Waals surface area contributed by atoms with E-state index in [0.717, 1.165) is 0 Å². The molecule has 1 amide bonds. The third-order valence-electron chi connectivity index (χ3n) is 3.94. The molecule has 1 fully saturated rings. The zero-order chi connectivity index (χ0) is 17.3. The first-order chi connectivity index (χ1) is 10.7. The van der Waals surface area contributed by atoms with Crippen molar-refractivity contribution in [1.29, 1.82) is 0 Å². The molecular formula is C17H22ClNO4. The Bertz CT molecular complexity index is 611. The summed E-state index contributed by atoms with van der Waals surface area (Å²) in [6.45, 7) is 5.65. The first kappa shape index (κ1) is 17.6. The van der Waals surface area contributed by atoms with Crippen molar-refractivity contribution in [3.05, 3.63) is 34.9 Å². The van der Waals surface area contributed by atoms with Gasteiger partial charge in [-0.2, -0.15) is 0 Å². The van der Waals surface area contributed by atoms with Gasteiger partial charge in [0.15, 0.2) is 0 Å². The Morgan fingerprint density at radius 1 is 1.35 bits per heavy atom. The average molecular weight is 340 g/mol. The number of hydrogen-bond acceptors (Lipinski definition) is 3. The summed E-state index contributed by atoms with van der Waals surface area (Å²) in [5, 5.41) is 10.3. The van der Waals surface area contributed by atoms with Crippen LogP contribution in [-0.2, 0) is 16.0 Å². The maximum atomic E-state index is 12.5. The van der Waals surface area contributed by atoms with E-state index in [9.17, 15) is 14.7 Å². The molecule has 0 unspecified atom stereocenters. The zero-order valence-corrected chi connectivity index (χ0v) is 14.4. The molecule has 0 spiro atoms. The van der Waals surface area contributed by atoms with E-state index in [1.54, 1.807) is 39.0 Å². The van der Waals surface area contributed by atoms with Crippen molar-refractivity contribution in [2.24, 2.45) is 0 Å². The van der Waals surface area contributed by atoms with Crippen molar-refractivity contribution in [3.63, 3.8) is 0 Å². The SMILES string of the molecule is CC(C)(C)OC(=O)N1CCC[C@]1(Cc1ccccc1Cl)C(=O)O. The van der Waals surface area contributed by atoms with E-state index >= 15 is 0 Å². The summed E-state index contributed by atoms with van der Waals surface area (Å²) in [7, 11) is 0. The highest BCUT2D eigenvalue weighted by molar-refractivity contribution is 6.31. The Morgan fingerprint density at radius 2 is 2.00 bits per heavy atom. The van der Waals surface area contributed by atoms with Gasteiger partial charge in [-0.1, -0.05) is 29.8 Å². The van der Waals surface area contributed by atoms with Gasteiger partial charge in [-0.25, -0.2) is 9.59 Å². The molecule has 126 valence electrons. The van der Waals surface area contributed by atoms with Gasteiger partial charge < -0.3 is 9.84 Å². The number of carbonyl (C=O) groups is 2. The maximum Gasteiger partial charge on any atom is 0.411 e. The minimum Gasteiger partial charge on any atom is -0.479 e. The van der Waals surface area contributed by atoms with Crippen molar-refractivity contribution >= 4 is 23.7 Å². The van der Waals surface area contributed by atoms with E-state index in [4.69, 9.17) is 16.3 Å². The lowest BCUT2D eigenvalue weighted by Gasteiger charge is -2.36. The summed E-state index contributed by atoms with van der Waals surface area (Å²) in [6, 6.07) is 7.11. The number of carboxylic acid groups (broad SMARTS) is 1. The standard InChI is InChI=1S/C17H22ClNO4/c1-16(2,3)23-15(22)19-10-6-9-17(19,14(20)21)11-12-7-4-5-8-13(12)18/h4-5,7-8H,6,9-11H2,1-3H3,(H,20,21)/t17-/m0/s1. The Balaban J connectivity index is 2.33. The number of halogens is 1. The van der Waals surface area contributed by atoms with Gasteiger partial charge in [-0.05, 0) is 45.2 Å². The fourth-order valence-electron chi connectivity index (χ4n) is 2.90. The van der Waals surface area contributed by atoms with Gasteiger partial charge in [0.05, 0.1) is 0 Å². The van der Waals surface area contributed by atoms with Gasteiger partial charge in [0.1, 0.15) is 11.1 Å². The molecule has 5 nitrogen and oxygen atoms in total. The molecule has 2 rings (SSSR count). The first-order valence-electron chi connectivity index (χ1n) is 7.63. The molecule has 0 bridgehead atoms. The Hall–Kier alpha value is -1.75. The minimum atomic E-state index is -1.31. The summed E-state index contributed by atoms with van der Waals surface area (Å²) < 4.78 is 5.39. The minimum absolute atomic E-state index is 0.168. The monoisotopic (exact) mass is 339 g/mol. The number of aliphatic carboxylic acids is 1. The van der Waals surface area contributed by atoms with Crippen molar-refractivity contribution in [2.45, 2.75) is 51.2 Å². The molecule has 0 radical (unpaired) electrons. The predicted octanol–water partition coefficient (Wildman–Crippen LogP) is 3.74. The fourth-order valence-corrected chi connectivity index (χ4v) is 3.10. The van der Waals surface area contributed by atoms with Crippen LogP contribution in [0.3, 0.4) is 0 Å². The van der Waals surface area contributed by atoms with Crippen LogP contribution < -0.4 is 0 Å². The molecule has 1 aliphatic heterocycles. The topological polar surface area (TPSA) is 66.8 Å². The average Bonchev–Trinajstić information content (AvgIpc) is 2.84. The van der Waals surface area contributed by atoms with Crippen molar-refractivity contribution in [2.75, 3.05) is 6.54 Å². The number of hydrogen-bond donors (Lipinski definition) is 1. The molecule has 1 aromatic rings. The lowest BCUT2D eigenvalue weighted by Crippen LogP contribution is -2.55. The Morgan fingerprint density at radius 3 is 2.57 bits per heavy atom. The second-order valence-corrected chi connectivity index (χ2v) is 7.25. The lowest BCUT2D eigenvalue weighted by molar-refractivity contribution is -0.149. The number of carboxylic acids is 1. The summed E-state index contributed by atoms with van der Waals surface area (Å²) >= 11 is 6.18. The van der Waals surface area contributed by atoms with Crippen LogP contribution in [0, 0.1) is 0 Å². The molecule has 0 aliphatic carbocycles. The largest absolute Gasteiger partial charge is 0.479 e. The van der Waals surface area contributed by atoms with E-state index in [-0.39, 0.29) is 6.42 Å². The number of benzene rings is 1. The maximum absolute atomic E-state index is 12.5. The van der Waals surface area contributed by atoms with Crippen LogP contribution >= 0.6 is 11.6 Å². The number of amides is 1. The second kappa shape index (κ2) is 6.40. The zero-order valence-electron chi connectivity index (χ0n) is 13.6. The van der Waals surface area contributed by atoms with E-state index in [1.165, 1.54) is 4.90 Å². The molecular weight excluding hydrogens is 318 g/mol. The van der Waals surface area contributed by atoms with Crippen molar-refractivity contribution < 1.29 is 19.4 Å². The number of ether oxygens (including phenoxy) is 1. The lowest BCUT2D eigenvalue weighted by atomic mass is 9.88. The molecule has 1 saturated heterocycles. The summed E-state index contributed by atoms with van der Waals surface area (Å²) in [4.78, 5) is 25.8. The normalized spacial score (nSPS) is 21.3. The van der Waals surface area contributed by atoms with Gasteiger partial charge in [-0.3, -0.25) is 4.90 Å². The van der Waals surface area contributed by atoms with Gasteiger partial charge >= 0.3 is 12.1 Å². The molecule has 1 aromatic carbocycles. The Labute approximate surface area is 141 Å². The molecule has 1 aliphatic rings. The highest BCUT2D eigenvalue weighted by Gasteiger charge is 2.51. The molecule has 1 N–H and O–H groups in total. The quantitative estimate of drug-likeness (QED) is 0.911. The highest BCUT2D eigenvalue weighted by Crippen LogP contribution is 2.36. The molecule has 1 atom stereocenters. The molecule has 23 heavy (non-hydrogen) atoms. The number of likely N-dealkylation sites (tertiary alicyclic amines) is 1. The van der Waals surface area contributed by atoms with Gasteiger partial charge in [0.25, 0.3) is 0 Å². The molecule has 0 aromatic heterocycles. The van der Waals surface area contributed by atoms with Gasteiger partial charge in [0, 0.05) is 18.0 Å². The summed E-state index contributed by atoms with van der Waals surface area (Å²) in [5.74, 6) is -1.03. The first-order valence-corrected chi connectivity index (χ1v) is 8.01. The van der Waals surface area contributed by atoms with Crippen LogP contribution in [0.4, 0.5) is 4.79 Å². The number of carbonyl (C=O) groups excluding carboxylic acids is 1. The van der Waals surface area contributed by atoms with E-state index < -0.39 is 23.2 Å². The Kier molecular flexibility index (Phi) is 4.90. The third-order valence-corrected chi connectivity index (χ3v) is 4.31. The fraction of sp³-hybridized carbons (Fsp3) is 0.529. The van der Waals surface area contributed by atoms with Gasteiger partial charge in [-0.15, -0.1) is 0 Å². The summed E-state index contributed by atoms with van der Waals surface area (Å²) in [5.41, 5.74) is -1.27. The second-order valence-electron chi connectivity index (χ2n) is 6.84. The predicted molar refractivity (Wildman–Crippen MR) is 87.7 cm³/mol. The van der Waals surface area contributed by atoms with E-state index in [2.05, 4.69) is 0 Å². The van der Waals surface area contributed by atoms with Crippen LogP contribution in [0.5, 0.6) is 0 Å². The van der Waals surface area contributed by atoms with Crippen LogP contribution in [0.25, 0.3) is 0 Å². The molecule has 0 saturated carbocycles. The van der Waals surface area contributed by atoms with Crippen LogP contribution in [0.1, 0.15) is 39.2 Å². The van der Waals surface area contributed by atoms with Gasteiger partial charge in [0.2, 0.25) is 0 Å². The van der Waals surface area contributed by atoms with Crippen molar-refractivity contribution in [1.82, 2.24) is 4.90 Å². The van der Waals surface area contributed by atoms with Crippen LogP contribution in [0.15, 0.2) is 24.3 Å². The van der Waals surface area contributed by atoms with Crippen LogP contribution in [-0.4, -0.2) is 39.8 Å². The van der Waals surface area contributed by atoms with E-state index in [0.29, 0.717) is 30.0 Å². The highest BCUT2D eigenvalue weighted by atomic mass is 35.5.